The first-order valence-electron chi connectivity index (χ1n) is 11.0. The van der Waals surface area contributed by atoms with Gasteiger partial charge in [-0.05, 0) is 47.2 Å². The van der Waals surface area contributed by atoms with Gasteiger partial charge in [0.05, 0.1) is 12.6 Å². The van der Waals surface area contributed by atoms with Crippen molar-refractivity contribution in [3.05, 3.63) is 59.7 Å². The first-order chi connectivity index (χ1) is 14.3. The minimum atomic E-state index is 0.0250. The van der Waals surface area contributed by atoms with Gasteiger partial charge in [-0.1, -0.05) is 52.0 Å². The van der Waals surface area contributed by atoms with Crippen LogP contribution in [0.4, 0.5) is 5.69 Å². The van der Waals surface area contributed by atoms with E-state index in [0.717, 1.165) is 31.9 Å². The van der Waals surface area contributed by atoms with Crippen molar-refractivity contribution in [1.82, 2.24) is 10.2 Å². The first kappa shape index (κ1) is 22.2. The molecule has 162 valence electrons. The third-order valence-corrected chi connectivity index (χ3v) is 5.90. The van der Waals surface area contributed by atoms with Crippen molar-refractivity contribution in [1.29, 1.82) is 0 Å². The van der Waals surface area contributed by atoms with E-state index < -0.39 is 0 Å². The molecule has 1 aliphatic rings. The summed E-state index contributed by atoms with van der Waals surface area (Å²) in [6, 6.07) is 16.0. The molecule has 2 aromatic rings. The molecule has 0 radical (unpaired) electrons. The van der Waals surface area contributed by atoms with Crippen molar-refractivity contribution in [3.63, 3.8) is 0 Å². The zero-order chi connectivity index (χ0) is 21.7. The molecule has 1 atom stereocenters. The molecule has 0 aromatic heterocycles. The number of carbonyl (C=O) groups is 1. The molecular formula is C25H35N3O2. The number of hydrogen-bond donors (Lipinski definition) is 2. The van der Waals surface area contributed by atoms with E-state index in [9.17, 15) is 9.90 Å². The van der Waals surface area contributed by atoms with Gasteiger partial charge in [0, 0.05) is 31.9 Å². The molecule has 0 unspecified atom stereocenters. The molecule has 5 heteroatoms. The molecule has 1 saturated heterocycles. The highest BCUT2D eigenvalue weighted by Crippen LogP contribution is 2.24. The number of nitrogens with zero attached hydrogens (tertiary/aromatic N) is 2. The lowest BCUT2D eigenvalue weighted by molar-refractivity contribution is -0.123. The second-order valence-electron chi connectivity index (χ2n) is 8.89. The molecule has 1 amide bonds. The van der Waals surface area contributed by atoms with E-state index in [1.807, 2.05) is 12.1 Å². The number of piperazine rings is 1. The van der Waals surface area contributed by atoms with E-state index in [1.165, 1.54) is 11.1 Å². The van der Waals surface area contributed by atoms with Gasteiger partial charge < -0.3 is 15.3 Å². The number of phenolic OH excluding ortho intramolecular Hbond substituents is 1. The maximum Gasteiger partial charge on any atom is 0.234 e. The first-order valence-corrected chi connectivity index (χ1v) is 11.0. The van der Waals surface area contributed by atoms with Crippen LogP contribution in [0.1, 0.15) is 50.8 Å². The quantitative estimate of drug-likeness (QED) is 0.721. The van der Waals surface area contributed by atoms with Crippen molar-refractivity contribution in [2.45, 2.75) is 39.7 Å². The lowest BCUT2D eigenvalue weighted by Gasteiger charge is -2.36. The van der Waals surface area contributed by atoms with Crippen molar-refractivity contribution < 1.29 is 9.90 Å². The Morgan fingerprint density at radius 1 is 0.900 bits per heavy atom. The van der Waals surface area contributed by atoms with Crippen LogP contribution in [-0.2, 0) is 4.79 Å². The minimum Gasteiger partial charge on any atom is -0.508 e. The van der Waals surface area contributed by atoms with Crippen LogP contribution in [0.25, 0.3) is 0 Å². The van der Waals surface area contributed by atoms with Crippen LogP contribution in [0.2, 0.25) is 0 Å². The summed E-state index contributed by atoms with van der Waals surface area (Å²) in [5, 5.41) is 12.7. The summed E-state index contributed by atoms with van der Waals surface area (Å²) in [6.45, 7) is 12.6. The van der Waals surface area contributed by atoms with Crippen LogP contribution >= 0.6 is 0 Å². The van der Waals surface area contributed by atoms with Gasteiger partial charge in [-0.25, -0.2) is 0 Å². The summed E-state index contributed by atoms with van der Waals surface area (Å²) < 4.78 is 0. The van der Waals surface area contributed by atoms with Crippen molar-refractivity contribution in [2.75, 3.05) is 37.6 Å². The van der Waals surface area contributed by atoms with Crippen molar-refractivity contribution in [3.8, 4) is 5.75 Å². The van der Waals surface area contributed by atoms with Gasteiger partial charge >= 0.3 is 0 Å². The Morgan fingerprint density at radius 3 is 2.00 bits per heavy atom. The Hall–Kier alpha value is -2.53. The molecule has 0 saturated carbocycles. The molecular weight excluding hydrogens is 374 g/mol. The van der Waals surface area contributed by atoms with E-state index in [2.05, 4.69) is 67.1 Å². The average molecular weight is 410 g/mol. The third-order valence-electron chi connectivity index (χ3n) is 5.90. The predicted octanol–water partition coefficient (Wildman–Crippen LogP) is 4.15. The van der Waals surface area contributed by atoms with Crippen LogP contribution in [0.3, 0.4) is 0 Å². The Labute approximate surface area is 180 Å². The number of phenols is 1. The molecule has 30 heavy (non-hydrogen) atoms. The van der Waals surface area contributed by atoms with E-state index in [1.54, 1.807) is 12.1 Å². The SMILES string of the molecule is CC(C)c1ccc([C@@H](NC(=O)CN2CCN(c3ccc(O)cc3)CC2)C(C)C)cc1. The minimum absolute atomic E-state index is 0.0250. The summed E-state index contributed by atoms with van der Waals surface area (Å²) >= 11 is 0. The lowest BCUT2D eigenvalue weighted by atomic mass is 9.93. The molecule has 1 aliphatic heterocycles. The summed E-state index contributed by atoms with van der Waals surface area (Å²) in [4.78, 5) is 17.3. The molecule has 2 aromatic carbocycles. The van der Waals surface area contributed by atoms with Crippen molar-refractivity contribution >= 4 is 11.6 Å². The highest BCUT2D eigenvalue weighted by Gasteiger charge is 2.22. The van der Waals surface area contributed by atoms with Gasteiger partial charge in [0.25, 0.3) is 0 Å². The second-order valence-corrected chi connectivity index (χ2v) is 8.89. The molecule has 0 spiro atoms. The van der Waals surface area contributed by atoms with Crippen LogP contribution in [-0.4, -0.2) is 48.6 Å². The molecule has 0 aliphatic carbocycles. The maximum atomic E-state index is 12.8. The highest BCUT2D eigenvalue weighted by molar-refractivity contribution is 5.78. The number of anilines is 1. The zero-order valence-corrected chi connectivity index (χ0v) is 18.6. The van der Waals surface area contributed by atoms with Gasteiger partial charge in [-0.15, -0.1) is 0 Å². The largest absolute Gasteiger partial charge is 0.508 e. The normalized spacial score (nSPS) is 16.1. The monoisotopic (exact) mass is 409 g/mol. The molecule has 1 heterocycles. The fraction of sp³-hybridized carbons (Fsp3) is 0.480. The molecule has 0 bridgehead atoms. The Morgan fingerprint density at radius 2 is 1.47 bits per heavy atom. The van der Waals surface area contributed by atoms with Gasteiger partial charge in [-0.3, -0.25) is 9.69 Å². The number of hydrogen-bond acceptors (Lipinski definition) is 4. The van der Waals surface area contributed by atoms with Gasteiger partial charge in [-0.2, -0.15) is 0 Å². The number of amides is 1. The van der Waals surface area contributed by atoms with E-state index in [-0.39, 0.29) is 17.7 Å². The molecule has 3 rings (SSSR count). The Kier molecular flexibility index (Phi) is 7.38. The Balaban J connectivity index is 1.53. The molecule has 2 N–H and O–H groups in total. The number of rotatable bonds is 7. The van der Waals surface area contributed by atoms with E-state index in [0.29, 0.717) is 18.4 Å². The van der Waals surface area contributed by atoms with Gasteiger partial charge in [0.1, 0.15) is 5.75 Å². The average Bonchev–Trinajstić information content (AvgIpc) is 2.73. The van der Waals surface area contributed by atoms with Crippen LogP contribution in [0, 0.1) is 5.92 Å². The van der Waals surface area contributed by atoms with Crippen molar-refractivity contribution in [2.24, 2.45) is 5.92 Å². The smallest absolute Gasteiger partial charge is 0.234 e. The van der Waals surface area contributed by atoms with E-state index in [4.69, 9.17) is 0 Å². The fourth-order valence-electron chi connectivity index (χ4n) is 3.97. The summed E-state index contributed by atoms with van der Waals surface area (Å²) in [5.74, 6) is 1.20. The van der Waals surface area contributed by atoms with Crippen LogP contribution in [0.15, 0.2) is 48.5 Å². The van der Waals surface area contributed by atoms with Gasteiger partial charge in [0.15, 0.2) is 0 Å². The lowest BCUT2D eigenvalue weighted by Crippen LogP contribution is -2.50. The number of carbonyl (C=O) groups excluding carboxylic acids is 1. The van der Waals surface area contributed by atoms with Gasteiger partial charge in [0.2, 0.25) is 5.91 Å². The molecule has 1 fully saturated rings. The third kappa shape index (κ3) is 5.76. The summed E-state index contributed by atoms with van der Waals surface area (Å²) in [5.41, 5.74) is 3.60. The topological polar surface area (TPSA) is 55.8 Å². The van der Waals surface area contributed by atoms with Crippen LogP contribution in [0.5, 0.6) is 5.75 Å². The fourth-order valence-corrected chi connectivity index (χ4v) is 3.97. The predicted molar refractivity (Wildman–Crippen MR) is 123 cm³/mol. The maximum absolute atomic E-state index is 12.8. The number of aromatic hydroxyl groups is 1. The number of benzene rings is 2. The number of nitrogens with one attached hydrogen (secondary N) is 1. The van der Waals surface area contributed by atoms with E-state index >= 15 is 0 Å². The zero-order valence-electron chi connectivity index (χ0n) is 18.6. The second kappa shape index (κ2) is 9.98. The molecule has 5 nitrogen and oxygen atoms in total. The van der Waals surface area contributed by atoms with Crippen LogP contribution < -0.4 is 10.2 Å². The highest BCUT2D eigenvalue weighted by atomic mass is 16.3. The Bertz CT molecular complexity index is 807. The standard InChI is InChI=1S/C25H35N3O2/c1-18(2)20-5-7-21(8-6-20)25(19(3)4)26-24(30)17-27-13-15-28(16-14-27)22-9-11-23(29)12-10-22/h5-12,18-19,25,29H,13-17H2,1-4H3,(H,26,30)/t25-/m0/s1. The summed E-state index contributed by atoms with van der Waals surface area (Å²) in [6.07, 6.45) is 0. The summed E-state index contributed by atoms with van der Waals surface area (Å²) in [7, 11) is 0.